The summed E-state index contributed by atoms with van der Waals surface area (Å²) in [5.41, 5.74) is -0.0597. The number of rotatable bonds is 5. The lowest BCUT2D eigenvalue weighted by Crippen LogP contribution is -2.08. The first kappa shape index (κ1) is 11.5. The Morgan fingerprint density at radius 3 is 2.82 bits per heavy atom. The quantitative estimate of drug-likeness (QED) is 0.831. The third-order valence-corrected chi connectivity index (χ3v) is 2.84. The highest BCUT2D eigenvalue weighted by molar-refractivity contribution is 7.09. The number of carboxylic acid groups (broad SMARTS) is 1. The minimum absolute atomic E-state index is 0.0597. The van der Waals surface area contributed by atoms with E-state index in [2.05, 4.69) is 20.3 Å². The van der Waals surface area contributed by atoms with Crippen LogP contribution in [-0.4, -0.2) is 32.6 Å². The molecule has 2 heterocycles. The number of aromatic nitrogens is 3. The molecule has 0 amide bonds. The van der Waals surface area contributed by atoms with Gasteiger partial charge >= 0.3 is 5.97 Å². The molecule has 0 unspecified atom stereocenters. The van der Waals surface area contributed by atoms with E-state index in [9.17, 15) is 4.79 Å². The van der Waals surface area contributed by atoms with Crippen LogP contribution in [0.2, 0.25) is 0 Å². The first-order valence-electron chi connectivity index (χ1n) is 4.93. The van der Waals surface area contributed by atoms with Crippen molar-refractivity contribution in [3.63, 3.8) is 0 Å². The highest BCUT2D eigenvalue weighted by atomic mass is 32.1. The summed E-state index contributed by atoms with van der Waals surface area (Å²) in [4.78, 5) is 22.4. The van der Waals surface area contributed by atoms with Crippen LogP contribution < -0.4 is 5.32 Å². The SMILES string of the molecule is O=C(O)c1cnc(NCCc2nccs2)cn1. The number of hydrogen-bond donors (Lipinski definition) is 2. The van der Waals surface area contributed by atoms with Crippen LogP contribution in [0.1, 0.15) is 15.5 Å². The van der Waals surface area contributed by atoms with Crippen LogP contribution in [0, 0.1) is 0 Å². The van der Waals surface area contributed by atoms with Gasteiger partial charge in [0.2, 0.25) is 0 Å². The van der Waals surface area contributed by atoms with Gasteiger partial charge in [0.15, 0.2) is 5.69 Å². The van der Waals surface area contributed by atoms with Crippen molar-refractivity contribution in [3.8, 4) is 0 Å². The van der Waals surface area contributed by atoms with E-state index in [1.54, 1.807) is 17.5 Å². The summed E-state index contributed by atoms with van der Waals surface area (Å²) in [5, 5.41) is 14.7. The minimum atomic E-state index is -1.08. The van der Waals surface area contributed by atoms with Crippen LogP contribution in [-0.2, 0) is 6.42 Å². The summed E-state index contributed by atoms with van der Waals surface area (Å²) in [6.45, 7) is 0.689. The van der Waals surface area contributed by atoms with Gasteiger partial charge in [0.05, 0.1) is 17.4 Å². The first-order valence-corrected chi connectivity index (χ1v) is 5.81. The lowest BCUT2D eigenvalue weighted by molar-refractivity contribution is 0.0690. The predicted octanol–water partition coefficient (Wildman–Crippen LogP) is 1.29. The standard InChI is InChI=1S/C10H10N4O2S/c15-10(16)7-5-14-8(6-13-7)11-2-1-9-12-3-4-17-9/h3-6H,1-2H2,(H,11,14)(H,15,16). The molecule has 0 saturated heterocycles. The van der Waals surface area contributed by atoms with Crippen LogP contribution in [0.5, 0.6) is 0 Å². The number of nitrogens with one attached hydrogen (secondary N) is 1. The number of aromatic carboxylic acids is 1. The number of thiazole rings is 1. The van der Waals surface area contributed by atoms with Gasteiger partial charge in [0.25, 0.3) is 0 Å². The van der Waals surface area contributed by atoms with Gasteiger partial charge in [0.1, 0.15) is 5.82 Å². The maximum absolute atomic E-state index is 10.6. The zero-order valence-electron chi connectivity index (χ0n) is 8.83. The van der Waals surface area contributed by atoms with Crippen LogP contribution in [0.4, 0.5) is 5.82 Å². The first-order chi connectivity index (χ1) is 8.25. The molecule has 0 aliphatic rings. The van der Waals surface area contributed by atoms with Crippen LogP contribution >= 0.6 is 11.3 Å². The van der Waals surface area contributed by atoms with E-state index in [1.165, 1.54) is 12.4 Å². The fraction of sp³-hybridized carbons (Fsp3) is 0.200. The molecule has 0 aliphatic heterocycles. The minimum Gasteiger partial charge on any atom is -0.476 e. The maximum atomic E-state index is 10.6. The Bertz CT molecular complexity index is 484. The fourth-order valence-corrected chi connectivity index (χ4v) is 1.82. The monoisotopic (exact) mass is 250 g/mol. The Balaban J connectivity index is 1.85. The largest absolute Gasteiger partial charge is 0.476 e. The van der Waals surface area contributed by atoms with E-state index in [-0.39, 0.29) is 5.69 Å². The average Bonchev–Trinajstić information content (AvgIpc) is 2.83. The molecule has 7 heteroatoms. The van der Waals surface area contributed by atoms with Crippen molar-refractivity contribution in [2.45, 2.75) is 6.42 Å². The normalized spacial score (nSPS) is 10.1. The molecule has 0 spiro atoms. The summed E-state index contributed by atoms with van der Waals surface area (Å²) < 4.78 is 0. The Labute approximate surface area is 101 Å². The lowest BCUT2D eigenvalue weighted by Gasteiger charge is -2.03. The van der Waals surface area contributed by atoms with Gasteiger partial charge in [-0.3, -0.25) is 0 Å². The van der Waals surface area contributed by atoms with Crippen molar-refractivity contribution in [3.05, 3.63) is 34.7 Å². The van der Waals surface area contributed by atoms with Crippen LogP contribution in [0.25, 0.3) is 0 Å². The van der Waals surface area contributed by atoms with E-state index in [0.29, 0.717) is 12.4 Å². The predicted molar refractivity (Wildman–Crippen MR) is 63.3 cm³/mol. The third kappa shape index (κ3) is 3.22. The van der Waals surface area contributed by atoms with Gasteiger partial charge in [-0.1, -0.05) is 0 Å². The second kappa shape index (κ2) is 5.35. The number of nitrogens with zero attached hydrogens (tertiary/aromatic N) is 3. The van der Waals surface area contributed by atoms with E-state index in [0.717, 1.165) is 11.4 Å². The molecule has 0 saturated carbocycles. The molecule has 0 aliphatic carbocycles. The van der Waals surface area contributed by atoms with Crippen molar-refractivity contribution in [1.82, 2.24) is 15.0 Å². The molecule has 6 nitrogen and oxygen atoms in total. The zero-order valence-corrected chi connectivity index (χ0v) is 9.65. The Kier molecular flexibility index (Phi) is 3.61. The van der Waals surface area contributed by atoms with E-state index in [1.807, 2.05) is 5.38 Å². The Hall–Kier alpha value is -2.02. The lowest BCUT2D eigenvalue weighted by atomic mass is 10.4. The van der Waals surface area contributed by atoms with Crippen molar-refractivity contribution in [1.29, 1.82) is 0 Å². The average molecular weight is 250 g/mol. The molecule has 0 bridgehead atoms. The molecule has 0 radical (unpaired) electrons. The van der Waals surface area contributed by atoms with Crippen molar-refractivity contribution in [2.75, 3.05) is 11.9 Å². The molecule has 17 heavy (non-hydrogen) atoms. The number of carboxylic acids is 1. The summed E-state index contributed by atoms with van der Waals surface area (Å²) >= 11 is 1.60. The molecule has 2 aromatic rings. The summed E-state index contributed by atoms with van der Waals surface area (Å²) in [6.07, 6.45) is 5.21. The molecule has 0 fully saturated rings. The maximum Gasteiger partial charge on any atom is 0.356 e. The Morgan fingerprint density at radius 1 is 1.35 bits per heavy atom. The molecule has 2 rings (SSSR count). The van der Waals surface area contributed by atoms with Gasteiger partial charge in [-0.05, 0) is 0 Å². The fourth-order valence-electron chi connectivity index (χ4n) is 1.20. The van der Waals surface area contributed by atoms with Gasteiger partial charge < -0.3 is 10.4 Å². The number of carbonyl (C=O) groups is 1. The topological polar surface area (TPSA) is 88.0 Å². The van der Waals surface area contributed by atoms with Gasteiger partial charge in [0, 0.05) is 24.5 Å². The van der Waals surface area contributed by atoms with E-state index in [4.69, 9.17) is 5.11 Å². The Morgan fingerprint density at radius 2 is 2.24 bits per heavy atom. The molecular formula is C10H10N4O2S. The van der Waals surface area contributed by atoms with Gasteiger partial charge in [-0.25, -0.2) is 19.7 Å². The zero-order chi connectivity index (χ0) is 12.1. The van der Waals surface area contributed by atoms with E-state index < -0.39 is 5.97 Å². The van der Waals surface area contributed by atoms with Crippen molar-refractivity contribution >= 4 is 23.1 Å². The molecule has 0 aromatic carbocycles. The second-order valence-electron chi connectivity index (χ2n) is 3.19. The summed E-state index contributed by atoms with van der Waals surface area (Å²) in [6, 6.07) is 0. The molecule has 0 atom stereocenters. The second-order valence-corrected chi connectivity index (χ2v) is 4.17. The van der Waals surface area contributed by atoms with Crippen molar-refractivity contribution in [2.24, 2.45) is 0 Å². The summed E-state index contributed by atoms with van der Waals surface area (Å²) in [7, 11) is 0. The van der Waals surface area contributed by atoms with E-state index >= 15 is 0 Å². The third-order valence-electron chi connectivity index (χ3n) is 2.00. The molecule has 2 N–H and O–H groups in total. The number of hydrogen-bond acceptors (Lipinski definition) is 6. The van der Waals surface area contributed by atoms with Crippen LogP contribution in [0.3, 0.4) is 0 Å². The van der Waals surface area contributed by atoms with Gasteiger partial charge in [-0.15, -0.1) is 11.3 Å². The molecule has 2 aromatic heterocycles. The van der Waals surface area contributed by atoms with Crippen LogP contribution in [0.15, 0.2) is 24.0 Å². The van der Waals surface area contributed by atoms with Crippen molar-refractivity contribution < 1.29 is 9.90 Å². The number of anilines is 1. The highest BCUT2D eigenvalue weighted by Gasteiger charge is 2.04. The van der Waals surface area contributed by atoms with Gasteiger partial charge in [-0.2, -0.15) is 0 Å². The highest BCUT2D eigenvalue weighted by Crippen LogP contribution is 2.06. The molecular weight excluding hydrogens is 240 g/mol. The summed E-state index contributed by atoms with van der Waals surface area (Å²) in [5.74, 6) is -0.515. The molecule has 88 valence electrons. The smallest absolute Gasteiger partial charge is 0.356 e.